The third kappa shape index (κ3) is 4.90. The minimum Gasteiger partial charge on any atom is -0.478 e. The van der Waals surface area contributed by atoms with Gasteiger partial charge in [0.25, 0.3) is 0 Å². The van der Waals surface area contributed by atoms with Crippen LogP contribution in [-0.4, -0.2) is 27.3 Å². The molecule has 0 radical (unpaired) electrons. The van der Waals surface area contributed by atoms with Crippen molar-refractivity contribution in [2.75, 3.05) is 6.61 Å². The van der Waals surface area contributed by atoms with Gasteiger partial charge in [-0.25, -0.2) is 13.5 Å². The monoisotopic (exact) mass is 464 g/mol. The van der Waals surface area contributed by atoms with Crippen LogP contribution in [-0.2, 0) is 17.8 Å². The first-order valence-electron chi connectivity index (χ1n) is 11.2. The first kappa shape index (κ1) is 23.4. The number of benzene rings is 2. The van der Waals surface area contributed by atoms with E-state index < -0.39 is 0 Å². The summed E-state index contributed by atoms with van der Waals surface area (Å²) in [7, 11) is 0. The first-order chi connectivity index (χ1) is 16.4. The zero-order chi connectivity index (χ0) is 24.2. The van der Waals surface area contributed by atoms with Crippen LogP contribution in [0.15, 0.2) is 48.5 Å². The largest absolute Gasteiger partial charge is 0.478 e. The molecular formula is C26H26F2N4O2. The third-order valence-electron chi connectivity index (χ3n) is 5.67. The molecule has 1 amide bonds. The standard InChI is InChI=1S/C26H26F2N4O2/c1-4-34-26-22(12-13-23(33)29-15-18-8-10-19(27)11-9-18)16(2)24-17(3)31-32(25(24)30-26)21-7-5-6-20(28)14-21/h5-11,14H,4,12-13,15H2,1-3H3,(H,29,33). The third-order valence-corrected chi connectivity index (χ3v) is 5.67. The fourth-order valence-electron chi connectivity index (χ4n) is 4.00. The van der Waals surface area contributed by atoms with Crippen molar-refractivity contribution in [3.63, 3.8) is 0 Å². The molecule has 2 aromatic carbocycles. The van der Waals surface area contributed by atoms with E-state index in [-0.39, 0.29) is 24.0 Å². The number of carbonyl (C=O) groups is 1. The molecule has 4 aromatic rings. The second-order valence-corrected chi connectivity index (χ2v) is 8.03. The number of hydrogen-bond donors (Lipinski definition) is 1. The van der Waals surface area contributed by atoms with Gasteiger partial charge in [-0.2, -0.15) is 10.1 Å². The molecule has 34 heavy (non-hydrogen) atoms. The number of rotatable bonds is 8. The SMILES string of the molecule is CCOc1nc2c(c(C)nn2-c2cccc(F)c2)c(C)c1CCC(=O)NCc1ccc(F)cc1. The second kappa shape index (κ2) is 9.99. The molecule has 2 heterocycles. The maximum atomic E-state index is 13.8. The van der Waals surface area contributed by atoms with E-state index in [2.05, 4.69) is 10.4 Å². The summed E-state index contributed by atoms with van der Waals surface area (Å²) in [6, 6.07) is 12.2. The lowest BCUT2D eigenvalue weighted by molar-refractivity contribution is -0.121. The highest BCUT2D eigenvalue weighted by Crippen LogP contribution is 2.32. The van der Waals surface area contributed by atoms with Crippen molar-refractivity contribution in [1.29, 1.82) is 0 Å². The molecule has 0 aliphatic rings. The highest BCUT2D eigenvalue weighted by molar-refractivity contribution is 5.86. The summed E-state index contributed by atoms with van der Waals surface area (Å²) in [6.45, 7) is 6.45. The van der Waals surface area contributed by atoms with Crippen LogP contribution in [0.2, 0.25) is 0 Å². The number of ether oxygens (including phenoxy) is 1. The lowest BCUT2D eigenvalue weighted by Gasteiger charge is -2.14. The number of pyridine rings is 1. The number of nitrogens with one attached hydrogen (secondary N) is 1. The molecule has 0 spiro atoms. The molecule has 0 saturated heterocycles. The molecule has 4 rings (SSSR count). The summed E-state index contributed by atoms with van der Waals surface area (Å²) >= 11 is 0. The molecule has 2 aromatic heterocycles. The molecule has 176 valence electrons. The molecule has 0 atom stereocenters. The fourth-order valence-corrected chi connectivity index (χ4v) is 4.00. The van der Waals surface area contributed by atoms with Gasteiger partial charge >= 0.3 is 0 Å². The van der Waals surface area contributed by atoms with Gasteiger partial charge in [0.05, 0.1) is 18.0 Å². The number of nitrogens with zero attached hydrogens (tertiary/aromatic N) is 3. The Morgan fingerprint density at radius 1 is 1.09 bits per heavy atom. The molecule has 0 aliphatic carbocycles. The van der Waals surface area contributed by atoms with Crippen molar-refractivity contribution in [2.45, 2.75) is 40.2 Å². The highest BCUT2D eigenvalue weighted by Gasteiger charge is 2.20. The van der Waals surface area contributed by atoms with E-state index in [4.69, 9.17) is 9.72 Å². The minimum absolute atomic E-state index is 0.126. The molecule has 0 fully saturated rings. The quantitative estimate of drug-likeness (QED) is 0.400. The lowest BCUT2D eigenvalue weighted by atomic mass is 10.0. The molecule has 0 saturated carbocycles. The molecule has 0 unspecified atom stereocenters. The van der Waals surface area contributed by atoms with Crippen LogP contribution in [0.4, 0.5) is 8.78 Å². The Morgan fingerprint density at radius 2 is 1.85 bits per heavy atom. The van der Waals surface area contributed by atoms with Gasteiger partial charge in [0, 0.05) is 23.9 Å². The number of halogens is 2. The topological polar surface area (TPSA) is 69.0 Å². The van der Waals surface area contributed by atoms with Crippen LogP contribution >= 0.6 is 0 Å². The number of hydrogen-bond acceptors (Lipinski definition) is 4. The van der Waals surface area contributed by atoms with Crippen molar-refractivity contribution < 1.29 is 18.3 Å². The van der Waals surface area contributed by atoms with Gasteiger partial charge in [0.15, 0.2) is 5.65 Å². The van der Waals surface area contributed by atoms with Gasteiger partial charge in [-0.05, 0) is 68.7 Å². The van der Waals surface area contributed by atoms with E-state index in [1.54, 1.807) is 28.9 Å². The Labute approximate surface area is 196 Å². The van der Waals surface area contributed by atoms with E-state index in [1.807, 2.05) is 20.8 Å². The Kier molecular flexibility index (Phi) is 6.86. The van der Waals surface area contributed by atoms with Crippen molar-refractivity contribution in [1.82, 2.24) is 20.1 Å². The van der Waals surface area contributed by atoms with Gasteiger partial charge in [0.2, 0.25) is 11.8 Å². The van der Waals surface area contributed by atoms with Crippen LogP contribution in [0.1, 0.15) is 35.7 Å². The number of carbonyl (C=O) groups excluding carboxylic acids is 1. The second-order valence-electron chi connectivity index (χ2n) is 8.03. The first-order valence-corrected chi connectivity index (χ1v) is 11.2. The molecule has 0 aliphatic heterocycles. The summed E-state index contributed by atoms with van der Waals surface area (Å²) < 4.78 is 34.3. The molecular weight excluding hydrogens is 438 g/mol. The Bertz CT molecular complexity index is 1330. The molecule has 0 bridgehead atoms. The van der Waals surface area contributed by atoms with E-state index >= 15 is 0 Å². The fraction of sp³-hybridized carbons (Fsp3) is 0.269. The molecule has 8 heteroatoms. The van der Waals surface area contributed by atoms with Crippen LogP contribution < -0.4 is 10.1 Å². The van der Waals surface area contributed by atoms with Gasteiger partial charge < -0.3 is 10.1 Å². The van der Waals surface area contributed by atoms with Crippen LogP contribution in [0.3, 0.4) is 0 Å². The molecule has 6 nitrogen and oxygen atoms in total. The maximum absolute atomic E-state index is 13.8. The normalized spacial score (nSPS) is 11.1. The average Bonchev–Trinajstić information content (AvgIpc) is 3.15. The van der Waals surface area contributed by atoms with Crippen molar-refractivity contribution in [2.24, 2.45) is 0 Å². The van der Waals surface area contributed by atoms with Gasteiger partial charge in [-0.3, -0.25) is 4.79 Å². The predicted octanol–water partition coefficient (Wildman–Crippen LogP) is 4.96. The Hall–Kier alpha value is -3.81. The Morgan fingerprint density at radius 3 is 2.56 bits per heavy atom. The van der Waals surface area contributed by atoms with Crippen LogP contribution in [0.5, 0.6) is 5.88 Å². The lowest BCUT2D eigenvalue weighted by Crippen LogP contribution is -2.23. The van der Waals surface area contributed by atoms with Crippen molar-refractivity contribution >= 4 is 16.9 Å². The van der Waals surface area contributed by atoms with Crippen molar-refractivity contribution in [3.05, 3.63) is 82.5 Å². The molecule has 1 N–H and O–H groups in total. The summed E-state index contributed by atoms with van der Waals surface area (Å²) in [4.78, 5) is 17.2. The zero-order valence-corrected chi connectivity index (χ0v) is 19.4. The van der Waals surface area contributed by atoms with Crippen molar-refractivity contribution in [3.8, 4) is 11.6 Å². The Balaban J connectivity index is 1.60. The summed E-state index contributed by atoms with van der Waals surface area (Å²) in [5, 5.41) is 8.32. The minimum atomic E-state index is -0.358. The summed E-state index contributed by atoms with van der Waals surface area (Å²) in [5.41, 5.74) is 4.50. The number of aromatic nitrogens is 3. The average molecular weight is 465 g/mol. The van der Waals surface area contributed by atoms with Crippen LogP contribution in [0, 0.1) is 25.5 Å². The summed E-state index contributed by atoms with van der Waals surface area (Å²) in [6.07, 6.45) is 0.677. The van der Waals surface area contributed by atoms with Crippen LogP contribution in [0.25, 0.3) is 16.7 Å². The maximum Gasteiger partial charge on any atom is 0.220 e. The smallest absolute Gasteiger partial charge is 0.220 e. The van der Waals surface area contributed by atoms with E-state index in [0.717, 1.165) is 27.8 Å². The highest BCUT2D eigenvalue weighted by atomic mass is 19.1. The predicted molar refractivity (Wildman–Crippen MR) is 126 cm³/mol. The van der Waals surface area contributed by atoms with Gasteiger partial charge in [0.1, 0.15) is 11.6 Å². The number of fused-ring (bicyclic) bond motifs is 1. The zero-order valence-electron chi connectivity index (χ0n) is 19.4. The van der Waals surface area contributed by atoms with E-state index in [0.29, 0.717) is 36.8 Å². The van der Waals surface area contributed by atoms with Gasteiger partial charge in [-0.1, -0.05) is 18.2 Å². The van der Waals surface area contributed by atoms with E-state index in [1.165, 1.54) is 24.3 Å². The number of amides is 1. The summed E-state index contributed by atoms with van der Waals surface area (Å²) in [5.74, 6) is -0.355. The van der Waals surface area contributed by atoms with E-state index in [9.17, 15) is 13.6 Å². The van der Waals surface area contributed by atoms with Gasteiger partial charge in [-0.15, -0.1) is 0 Å². The number of aryl methyl sites for hydroxylation is 2.